The zero-order valence-corrected chi connectivity index (χ0v) is 15.7. The quantitative estimate of drug-likeness (QED) is 0.835. The van der Waals surface area contributed by atoms with Gasteiger partial charge in [-0.3, -0.25) is 14.4 Å². The monoisotopic (exact) mass is 355 g/mol. The lowest BCUT2D eigenvalue weighted by molar-refractivity contribution is -0.122. The summed E-state index contributed by atoms with van der Waals surface area (Å²) in [6.07, 6.45) is 0.281. The van der Waals surface area contributed by atoms with Crippen LogP contribution in [0.1, 0.15) is 35.7 Å². The maximum Gasteiger partial charge on any atom is 0.274 e. The molecular weight excluding hydrogens is 330 g/mol. The molecule has 2 N–H and O–H groups in total. The molecule has 0 fully saturated rings. The van der Waals surface area contributed by atoms with E-state index in [0.29, 0.717) is 12.2 Å². The van der Waals surface area contributed by atoms with Crippen molar-refractivity contribution in [2.45, 2.75) is 47.2 Å². The van der Waals surface area contributed by atoms with Crippen molar-refractivity contribution < 1.29 is 9.59 Å². The number of pyridine rings is 1. The maximum absolute atomic E-state index is 12.5. The lowest BCUT2D eigenvalue weighted by Crippen LogP contribution is -2.34. The molecule has 0 saturated heterocycles. The van der Waals surface area contributed by atoms with Crippen LogP contribution in [0, 0.1) is 20.8 Å². The summed E-state index contributed by atoms with van der Waals surface area (Å²) in [4.78, 5) is 36.4. The Morgan fingerprint density at radius 3 is 2.46 bits per heavy atom. The lowest BCUT2D eigenvalue weighted by Gasteiger charge is -2.13. The van der Waals surface area contributed by atoms with Crippen LogP contribution in [-0.4, -0.2) is 16.4 Å². The second-order valence-corrected chi connectivity index (χ2v) is 6.39. The number of rotatable bonds is 6. The van der Waals surface area contributed by atoms with Gasteiger partial charge in [0.15, 0.2) is 0 Å². The molecule has 0 spiro atoms. The van der Waals surface area contributed by atoms with Gasteiger partial charge < -0.3 is 15.2 Å². The Morgan fingerprint density at radius 2 is 1.77 bits per heavy atom. The summed E-state index contributed by atoms with van der Waals surface area (Å²) in [7, 11) is 0. The van der Waals surface area contributed by atoms with Crippen LogP contribution in [0.3, 0.4) is 0 Å². The van der Waals surface area contributed by atoms with E-state index >= 15 is 0 Å². The SMILES string of the molecule is CCC(=O)Nc1ccc(C)n(CC(=O)NCc2cc(C)ccc2C)c1=O. The summed E-state index contributed by atoms with van der Waals surface area (Å²) in [5.74, 6) is -0.494. The number of carbonyl (C=O) groups excluding carboxylic acids is 2. The number of carbonyl (C=O) groups is 2. The largest absolute Gasteiger partial charge is 0.350 e. The van der Waals surface area contributed by atoms with Gasteiger partial charge in [0.05, 0.1) is 0 Å². The van der Waals surface area contributed by atoms with E-state index in [0.717, 1.165) is 16.7 Å². The second-order valence-electron chi connectivity index (χ2n) is 6.39. The predicted molar refractivity (Wildman–Crippen MR) is 102 cm³/mol. The smallest absolute Gasteiger partial charge is 0.274 e. The molecule has 0 aliphatic heterocycles. The Bertz CT molecular complexity index is 884. The highest BCUT2D eigenvalue weighted by atomic mass is 16.2. The number of nitrogens with one attached hydrogen (secondary N) is 2. The molecule has 26 heavy (non-hydrogen) atoms. The van der Waals surface area contributed by atoms with Crippen molar-refractivity contribution in [2.24, 2.45) is 0 Å². The Kier molecular flexibility index (Phi) is 6.33. The summed E-state index contributed by atoms with van der Waals surface area (Å²) in [5.41, 5.74) is 3.75. The van der Waals surface area contributed by atoms with Crippen LogP contribution in [-0.2, 0) is 22.7 Å². The minimum atomic E-state index is -0.381. The topological polar surface area (TPSA) is 80.2 Å². The molecule has 0 saturated carbocycles. The van der Waals surface area contributed by atoms with Crippen molar-refractivity contribution >= 4 is 17.5 Å². The molecular formula is C20H25N3O3. The van der Waals surface area contributed by atoms with Crippen LogP contribution < -0.4 is 16.2 Å². The summed E-state index contributed by atoms with van der Waals surface area (Å²) in [6.45, 7) is 7.78. The molecule has 6 heteroatoms. The zero-order chi connectivity index (χ0) is 19.3. The van der Waals surface area contributed by atoms with E-state index in [9.17, 15) is 14.4 Å². The van der Waals surface area contributed by atoms with Crippen LogP contribution in [0.2, 0.25) is 0 Å². The van der Waals surface area contributed by atoms with E-state index in [1.54, 1.807) is 26.0 Å². The van der Waals surface area contributed by atoms with Gasteiger partial charge in [-0.1, -0.05) is 30.7 Å². The fraction of sp³-hybridized carbons (Fsp3) is 0.350. The first-order valence-corrected chi connectivity index (χ1v) is 8.65. The fourth-order valence-corrected chi connectivity index (χ4v) is 2.59. The average molecular weight is 355 g/mol. The summed E-state index contributed by atoms with van der Waals surface area (Å²) in [6, 6.07) is 9.36. The highest BCUT2D eigenvalue weighted by Crippen LogP contribution is 2.10. The summed E-state index contributed by atoms with van der Waals surface area (Å²) in [5, 5.41) is 5.42. The van der Waals surface area contributed by atoms with Crippen LogP contribution in [0.25, 0.3) is 0 Å². The number of aromatic nitrogens is 1. The minimum Gasteiger partial charge on any atom is -0.350 e. The molecule has 2 amide bonds. The third-order valence-corrected chi connectivity index (χ3v) is 4.27. The fourth-order valence-electron chi connectivity index (χ4n) is 2.59. The van der Waals surface area contributed by atoms with Crippen molar-refractivity contribution in [3.63, 3.8) is 0 Å². The minimum absolute atomic E-state index is 0.0919. The first kappa shape index (κ1) is 19.4. The van der Waals surface area contributed by atoms with E-state index in [1.165, 1.54) is 4.57 Å². The average Bonchev–Trinajstić information content (AvgIpc) is 2.61. The summed E-state index contributed by atoms with van der Waals surface area (Å²) < 4.78 is 1.36. The Balaban J connectivity index is 2.11. The van der Waals surface area contributed by atoms with E-state index in [4.69, 9.17) is 0 Å². The second kappa shape index (κ2) is 8.47. The molecule has 2 rings (SSSR count). The Hall–Kier alpha value is -2.89. The standard InChI is InChI=1S/C20H25N3O3/c1-5-18(24)22-17-9-8-15(4)23(20(17)26)12-19(25)21-11-16-10-13(2)6-7-14(16)3/h6-10H,5,11-12H2,1-4H3,(H,21,25)(H,22,24). The molecule has 0 unspecified atom stereocenters. The number of hydrogen-bond donors (Lipinski definition) is 2. The maximum atomic E-state index is 12.5. The molecule has 138 valence electrons. The first-order chi connectivity index (χ1) is 12.3. The lowest BCUT2D eigenvalue weighted by atomic mass is 10.1. The number of amides is 2. The van der Waals surface area contributed by atoms with Crippen molar-refractivity contribution in [1.29, 1.82) is 0 Å². The van der Waals surface area contributed by atoms with Gasteiger partial charge in [0.2, 0.25) is 11.8 Å². The van der Waals surface area contributed by atoms with Crippen molar-refractivity contribution in [3.8, 4) is 0 Å². The van der Waals surface area contributed by atoms with Crippen LogP contribution in [0.15, 0.2) is 35.1 Å². The number of hydrogen-bond acceptors (Lipinski definition) is 3. The molecule has 0 atom stereocenters. The number of benzene rings is 1. The van der Waals surface area contributed by atoms with Gasteiger partial charge in [-0.15, -0.1) is 0 Å². The molecule has 1 heterocycles. The van der Waals surface area contributed by atoms with Gasteiger partial charge in [0, 0.05) is 18.7 Å². The molecule has 6 nitrogen and oxygen atoms in total. The summed E-state index contributed by atoms with van der Waals surface area (Å²) >= 11 is 0. The molecule has 0 radical (unpaired) electrons. The Morgan fingerprint density at radius 1 is 1.04 bits per heavy atom. The third kappa shape index (κ3) is 4.81. The van der Waals surface area contributed by atoms with Crippen molar-refractivity contribution in [2.75, 3.05) is 5.32 Å². The molecule has 1 aromatic heterocycles. The van der Waals surface area contributed by atoms with E-state index < -0.39 is 0 Å². The predicted octanol–water partition coefficient (Wildman–Crippen LogP) is 2.44. The van der Waals surface area contributed by atoms with Crippen LogP contribution in [0.4, 0.5) is 5.69 Å². The molecule has 1 aromatic carbocycles. The molecule has 0 bridgehead atoms. The normalized spacial score (nSPS) is 10.5. The van der Waals surface area contributed by atoms with Crippen LogP contribution >= 0.6 is 0 Å². The highest BCUT2D eigenvalue weighted by Gasteiger charge is 2.12. The van der Waals surface area contributed by atoms with Gasteiger partial charge in [0.1, 0.15) is 12.2 Å². The number of anilines is 1. The van der Waals surface area contributed by atoms with Crippen molar-refractivity contribution in [3.05, 3.63) is 63.1 Å². The first-order valence-electron chi connectivity index (χ1n) is 8.65. The molecule has 0 aliphatic carbocycles. The van der Waals surface area contributed by atoms with Gasteiger partial charge in [0.25, 0.3) is 5.56 Å². The van der Waals surface area contributed by atoms with E-state index in [2.05, 4.69) is 10.6 Å². The van der Waals surface area contributed by atoms with Crippen molar-refractivity contribution in [1.82, 2.24) is 9.88 Å². The van der Waals surface area contributed by atoms with E-state index in [-0.39, 0.29) is 36.0 Å². The Labute approximate surface area is 153 Å². The highest BCUT2D eigenvalue weighted by molar-refractivity contribution is 5.90. The molecule has 2 aromatic rings. The van der Waals surface area contributed by atoms with Gasteiger partial charge >= 0.3 is 0 Å². The molecule has 0 aliphatic rings. The third-order valence-electron chi connectivity index (χ3n) is 4.27. The number of nitrogens with zero attached hydrogens (tertiary/aromatic N) is 1. The van der Waals surface area contributed by atoms with E-state index in [1.807, 2.05) is 32.0 Å². The zero-order valence-electron chi connectivity index (χ0n) is 15.7. The number of aryl methyl sites for hydroxylation is 3. The van der Waals surface area contributed by atoms with Gasteiger partial charge in [-0.2, -0.15) is 0 Å². The van der Waals surface area contributed by atoms with Gasteiger partial charge in [-0.25, -0.2) is 0 Å². The van der Waals surface area contributed by atoms with Crippen LogP contribution in [0.5, 0.6) is 0 Å². The van der Waals surface area contributed by atoms with Gasteiger partial charge in [-0.05, 0) is 44.0 Å².